The van der Waals surface area contributed by atoms with E-state index in [1.54, 1.807) is 10.7 Å². The number of fused-ring (bicyclic) bond motifs is 1. The lowest BCUT2D eigenvalue weighted by Gasteiger charge is -2.29. The van der Waals surface area contributed by atoms with E-state index in [0.717, 1.165) is 30.6 Å². The van der Waals surface area contributed by atoms with E-state index < -0.39 is 6.09 Å². The van der Waals surface area contributed by atoms with Gasteiger partial charge in [0.2, 0.25) is 0 Å². The molecule has 2 aromatic rings. The zero-order chi connectivity index (χ0) is 13.2. The van der Waals surface area contributed by atoms with Crippen molar-refractivity contribution in [3.05, 3.63) is 30.2 Å². The van der Waals surface area contributed by atoms with Crippen molar-refractivity contribution in [3.63, 3.8) is 0 Å². The van der Waals surface area contributed by atoms with Gasteiger partial charge in [0.1, 0.15) is 0 Å². The van der Waals surface area contributed by atoms with Crippen LogP contribution in [0.1, 0.15) is 18.5 Å². The molecule has 6 heteroatoms. The number of likely N-dealkylation sites (tertiary alicyclic amines) is 1. The van der Waals surface area contributed by atoms with Crippen LogP contribution in [0.4, 0.5) is 4.79 Å². The topological polar surface area (TPSA) is 70.7 Å². The third-order valence-electron chi connectivity index (χ3n) is 3.69. The molecule has 0 spiro atoms. The summed E-state index contributed by atoms with van der Waals surface area (Å²) in [4.78, 5) is 16.5. The summed E-state index contributed by atoms with van der Waals surface area (Å²) < 4.78 is 1.78. The molecule has 0 atom stereocenters. The lowest BCUT2D eigenvalue weighted by atomic mass is 9.92. The van der Waals surface area contributed by atoms with Crippen molar-refractivity contribution in [2.75, 3.05) is 13.1 Å². The number of hydrogen-bond acceptors (Lipinski definition) is 3. The third kappa shape index (κ3) is 2.52. The molecule has 3 rings (SSSR count). The minimum absolute atomic E-state index is 0.518. The Hall–Kier alpha value is -2.11. The Labute approximate surface area is 110 Å². The first-order chi connectivity index (χ1) is 9.22. The number of nitrogens with zero attached hydrogens (tertiary/aromatic N) is 4. The quantitative estimate of drug-likeness (QED) is 0.891. The van der Waals surface area contributed by atoms with E-state index in [0.29, 0.717) is 19.0 Å². The second kappa shape index (κ2) is 4.87. The van der Waals surface area contributed by atoms with Gasteiger partial charge in [-0.15, -0.1) is 0 Å². The van der Waals surface area contributed by atoms with Crippen molar-refractivity contribution in [1.82, 2.24) is 19.5 Å². The highest BCUT2D eigenvalue weighted by Crippen LogP contribution is 2.21. The predicted molar refractivity (Wildman–Crippen MR) is 69.0 cm³/mol. The first-order valence-corrected chi connectivity index (χ1v) is 6.49. The molecule has 1 fully saturated rings. The van der Waals surface area contributed by atoms with Crippen LogP contribution in [0, 0.1) is 5.92 Å². The summed E-state index contributed by atoms with van der Waals surface area (Å²) in [6.07, 6.45) is 5.49. The highest BCUT2D eigenvalue weighted by atomic mass is 16.4. The first kappa shape index (κ1) is 12.0. The molecule has 0 radical (unpaired) electrons. The van der Waals surface area contributed by atoms with Crippen molar-refractivity contribution in [3.8, 4) is 0 Å². The van der Waals surface area contributed by atoms with Crippen LogP contribution in [0.2, 0.25) is 0 Å². The summed E-state index contributed by atoms with van der Waals surface area (Å²) in [7, 11) is 0. The van der Waals surface area contributed by atoms with Crippen molar-refractivity contribution in [2.24, 2.45) is 5.92 Å². The Bertz CT molecular complexity index is 587. The monoisotopic (exact) mass is 260 g/mol. The van der Waals surface area contributed by atoms with Gasteiger partial charge in [0, 0.05) is 25.5 Å². The standard InChI is InChI=1S/C13H16N4O2/c18-13(19)16-6-3-10(4-7-16)9-11-1-2-12-14-5-8-17(12)15-11/h1-2,5,8,10H,3-4,6-7,9H2,(H,18,19). The Balaban J connectivity index is 1.64. The van der Waals surface area contributed by atoms with Gasteiger partial charge in [0.25, 0.3) is 0 Å². The summed E-state index contributed by atoms with van der Waals surface area (Å²) in [5.41, 5.74) is 1.89. The van der Waals surface area contributed by atoms with Gasteiger partial charge in [0.15, 0.2) is 5.65 Å². The normalized spacial score (nSPS) is 16.9. The smallest absolute Gasteiger partial charge is 0.407 e. The van der Waals surface area contributed by atoms with Crippen molar-refractivity contribution in [1.29, 1.82) is 0 Å². The lowest BCUT2D eigenvalue weighted by molar-refractivity contribution is 0.124. The maximum Gasteiger partial charge on any atom is 0.407 e. The number of aromatic nitrogens is 3. The summed E-state index contributed by atoms with van der Waals surface area (Å²) in [5.74, 6) is 0.518. The predicted octanol–water partition coefficient (Wildman–Crippen LogP) is 1.66. The zero-order valence-corrected chi connectivity index (χ0v) is 10.6. The lowest BCUT2D eigenvalue weighted by Crippen LogP contribution is -2.37. The number of piperidine rings is 1. The van der Waals surface area contributed by atoms with Crippen LogP contribution in [0.15, 0.2) is 24.5 Å². The molecule has 1 aliphatic heterocycles. The van der Waals surface area contributed by atoms with Gasteiger partial charge < -0.3 is 10.0 Å². The third-order valence-corrected chi connectivity index (χ3v) is 3.69. The Morgan fingerprint density at radius 1 is 1.37 bits per heavy atom. The Kier molecular flexibility index (Phi) is 3.06. The van der Waals surface area contributed by atoms with Crippen LogP contribution in [-0.2, 0) is 6.42 Å². The Morgan fingerprint density at radius 2 is 2.16 bits per heavy atom. The van der Waals surface area contributed by atoms with E-state index in [-0.39, 0.29) is 0 Å². The average Bonchev–Trinajstić information content (AvgIpc) is 2.87. The Morgan fingerprint density at radius 3 is 2.89 bits per heavy atom. The molecule has 6 nitrogen and oxygen atoms in total. The van der Waals surface area contributed by atoms with Crippen LogP contribution >= 0.6 is 0 Å². The summed E-state index contributed by atoms with van der Waals surface area (Å²) in [5, 5.41) is 13.4. The summed E-state index contributed by atoms with van der Waals surface area (Å²) in [6.45, 7) is 1.26. The molecule has 0 saturated carbocycles. The van der Waals surface area contributed by atoms with E-state index in [1.807, 2.05) is 18.3 Å². The van der Waals surface area contributed by atoms with Crippen LogP contribution in [-0.4, -0.2) is 43.8 Å². The van der Waals surface area contributed by atoms with E-state index in [2.05, 4.69) is 10.1 Å². The fraction of sp³-hybridized carbons (Fsp3) is 0.462. The summed E-state index contributed by atoms with van der Waals surface area (Å²) >= 11 is 0. The van der Waals surface area contributed by atoms with E-state index >= 15 is 0 Å². The van der Waals surface area contributed by atoms with Gasteiger partial charge in [-0.05, 0) is 37.3 Å². The number of hydrogen-bond donors (Lipinski definition) is 1. The highest BCUT2D eigenvalue weighted by Gasteiger charge is 2.22. The van der Waals surface area contributed by atoms with Gasteiger partial charge in [-0.3, -0.25) is 0 Å². The van der Waals surface area contributed by atoms with E-state index in [1.165, 1.54) is 4.90 Å². The second-order valence-electron chi connectivity index (χ2n) is 4.97. The maximum absolute atomic E-state index is 10.8. The fourth-order valence-corrected chi connectivity index (χ4v) is 2.59. The molecule has 1 N–H and O–H groups in total. The maximum atomic E-state index is 10.8. The largest absolute Gasteiger partial charge is 0.465 e. The van der Waals surface area contributed by atoms with E-state index in [9.17, 15) is 4.79 Å². The van der Waals surface area contributed by atoms with Crippen LogP contribution < -0.4 is 0 Å². The molecular formula is C13H16N4O2. The number of carboxylic acid groups (broad SMARTS) is 1. The highest BCUT2D eigenvalue weighted by molar-refractivity contribution is 5.64. The minimum Gasteiger partial charge on any atom is -0.465 e. The number of amides is 1. The molecule has 1 aliphatic rings. The van der Waals surface area contributed by atoms with Crippen LogP contribution in [0.5, 0.6) is 0 Å². The van der Waals surface area contributed by atoms with Crippen LogP contribution in [0.3, 0.4) is 0 Å². The minimum atomic E-state index is -0.809. The molecule has 1 saturated heterocycles. The summed E-state index contributed by atoms with van der Waals surface area (Å²) in [6, 6.07) is 3.97. The molecule has 2 aromatic heterocycles. The van der Waals surface area contributed by atoms with Crippen molar-refractivity contribution >= 4 is 11.7 Å². The average molecular weight is 260 g/mol. The number of carbonyl (C=O) groups is 1. The fourth-order valence-electron chi connectivity index (χ4n) is 2.59. The van der Waals surface area contributed by atoms with Crippen molar-refractivity contribution < 1.29 is 9.90 Å². The molecular weight excluding hydrogens is 244 g/mol. The molecule has 0 bridgehead atoms. The van der Waals surface area contributed by atoms with Crippen molar-refractivity contribution in [2.45, 2.75) is 19.3 Å². The molecule has 1 amide bonds. The van der Waals surface area contributed by atoms with E-state index in [4.69, 9.17) is 5.11 Å². The first-order valence-electron chi connectivity index (χ1n) is 6.49. The van der Waals surface area contributed by atoms with Gasteiger partial charge in [-0.25, -0.2) is 14.3 Å². The zero-order valence-electron chi connectivity index (χ0n) is 10.6. The molecule has 0 unspecified atom stereocenters. The molecule has 0 aromatic carbocycles. The SMILES string of the molecule is O=C(O)N1CCC(Cc2ccc3nccn3n2)CC1. The number of rotatable bonds is 2. The van der Waals surface area contributed by atoms with Gasteiger partial charge >= 0.3 is 6.09 Å². The van der Waals surface area contributed by atoms with Gasteiger partial charge in [-0.2, -0.15) is 5.10 Å². The molecule has 19 heavy (non-hydrogen) atoms. The van der Waals surface area contributed by atoms with Crippen LogP contribution in [0.25, 0.3) is 5.65 Å². The second-order valence-corrected chi connectivity index (χ2v) is 4.97. The number of imidazole rings is 1. The molecule has 0 aliphatic carbocycles. The molecule has 3 heterocycles. The van der Waals surface area contributed by atoms with Gasteiger partial charge in [-0.1, -0.05) is 0 Å². The van der Waals surface area contributed by atoms with Gasteiger partial charge in [0.05, 0.1) is 5.69 Å². The molecule has 100 valence electrons.